The van der Waals surface area contributed by atoms with E-state index in [0.29, 0.717) is 12.0 Å². The molecule has 2 amide bonds. The molecule has 1 unspecified atom stereocenters. The van der Waals surface area contributed by atoms with Crippen LogP contribution in [0.3, 0.4) is 0 Å². The zero-order valence-electron chi connectivity index (χ0n) is 18.9. The van der Waals surface area contributed by atoms with E-state index in [1.807, 2.05) is 0 Å². The van der Waals surface area contributed by atoms with Gasteiger partial charge in [-0.1, -0.05) is 31.2 Å². The number of nitrogens with one attached hydrogen (secondary N) is 1. The van der Waals surface area contributed by atoms with Crippen molar-refractivity contribution < 1.29 is 26.8 Å². The van der Waals surface area contributed by atoms with Crippen LogP contribution < -0.4 is 9.62 Å². The molecule has 0 spiro atoms. The minimum Gasteiger partial charge on any atom is -0.357 e. The summed E-state index contributed by atoms with van der Waals surface area (Å²) in [4.78, 5) is 26.9. The van der Waals surface area contributed by atoms with Crippen molar-refractivity contribution in [1.29, 1.82) is 0 Å². The second kappa shape index (κ2) is 11.7. The number of hydrogen-bond acceptors (Lipinski definition) is 4. The molecule has 0 radical (unpaired) electrons. The average Bonchev–Trinajstić information content (AvgIpc) is 2.77. The number of anilines is 1. The van der Waals surface area contributed by atoms with Crippen LogP contribution in [0, 0.1) is 11.6 Å². The van der Waals surface area contributed by atoms with Gasteiger partial charge in [0.25, 0.3) is 0 Å². The van der Waals surface area contributed by atoms with E-state index in [4.69, 9.17) is 0 Å². The van der Waals surface area contributed by atoms with Crippen molar-refractivity contribution in [2.75, 3.05) is 24.2 Å². The number of halogens is 2. The van der Waals surface area contributed by atoms with Crippen LogP contribution in [-0.4, -0.2) is 51.0 Å². The first kappa shape index (κ1) is 26.2. The van der Waals surface area contributed by atoms with Gasteiger partial charge in [-0.05, 0) is 42.7 Å². The number of benzene rings is 2. The van der Waals surface area contributed by atoms with Crippen molar-refractivity contribution in [2.45, 2.75) is 38.8 Å². The molecule has 0 aromatic heterocycles. The van der Waals surface area contributed by atoms with Gasteiger partial charge in [0.1, 0.15) is 17.7 Å². The van der Waals surface area contributed by atoms with Gasteiger partial charge < -0.3 is 10.2 Å². The Hall–Kier alpha value is -3.01. The summed E-state index contributed by atoms with van der Waals surface area (Å²) in [7, 11) is -2.30. The molecule has 0 aliphatic carbocycles. The third kappa shape index (κ3) is 7.24. The summed E-state index contributed by atoms with van der Waals surface area (Å²) in [6, 6.07) is 10.4. The first-order valence-corrected chi connectivity index (χ1v) is 12.4. The molecule has 7 nitrogen and oxygen atoms in total. The number of hydrogen-bond donors (Lipinski definition) is 1. The van der Waals surface area contributed by atoms with E-state index in [-0.39, 0.29) is 43.4 Å². The average molecular weight is 482 g/mol. The lowest BCUT2D eigenvalue weighted by atomic mass is 10.1. The van der Waals surface area contributed by atoms with Gasteiger partial charge in [-0.2, -0.15) is 0 Å². The van der Waals surface area contributed by atoms with Crippen molar-refractivity contribution in [1.82, 2.24) is 10.2 Å². The van der Waals surface area contributed by atoms with Crippen molar-refractivity contribution in [2.24, 2.45) is 0 Å². The fraction of sp³-hybridized carbons (Fsp3) is 0.391. The highest BCUT2D eigenvalue weighted by atomic mass is 32.2. The minimum absolute atomic E-state index is 0.0604. The molecule has 180 valence electrons. The first-order valence-electron chi connectivity index (χ1n) is 10.6. The molecule has 2 aromatic rings. The number of likely N-dealkylation sites (N-methyl/N-ethyl adjacent to an activating group) is 1. The third-order valence-corrected chi connectivity index (χ3v) is 6.35. The quantitative estimate of drug-likeness (QED) is 0.535. The molecule has 0 saturated heterocycles. The predicted molar refractivity (Wildman–Crippen MR) is 123 cm³/mol. The number of nitrogens with zero attached hydrogens (tertiary/aromatic N) is 2. The van der Waals surface area contributed by atoms with Crippen LogP contribution in [0.25, 0.3) is 0 Å². The first-order chi connectivity index (χ1) is 15.6. The van der Waals surface area contributed by atoms with Gasteiger partial charge in [0.05, 0.1) is 11.9 Å². The Kier molecular flexibility index (Phi) is 9.33. The largest absolute Gasteiger partial charge is 0.357 e. The number of rotatable bonds is 11. The molecule has 0 aliphatic heterocycles. The Labute approximate surface area is 193 Å². The third-order valence-electron chi connectivity index (χ3n) is 5.17. The molecule has 2 aromatic carbocycles. The van der Waals surface area contributed by atoms with Crippen LogP contribution >= 0.6 is 0 Å². The molecular formula is C23H29F2N3O4S. The highest BCUT2D eigenvalue weighted by Crippen LogP contribution is 2.22. The van der Waals surface area contributed by atoms with E-state index < -0.39 is 27.7 Å². The van der Waals surface area contributed by atoms with Crippen molar-refractivity contribution in [3.8, 4) is 0 Å². The van der Waals surface area contributed by atoms with Crippen LogP contribution in [0.15, 0.2) is 48.5 Å². The number of amides is 2. The lowest BCUT2D eigenvalue weighted by molar-refractivity contribution is -0.141. The lowest BCUT2D eigenvalue weighted by Crippen LogP contribution is -2.48. The molecular weight excluding hydrogens is 452 g/mol. The van der Waals surface area contributed by atoms with Gasteiger partial charge in [0.2, 0.25) is 21.8 Å². The zero-order valence-corrected chi connectivity index (χ0v) is 19.7. The summed E-state index contributed by atoms with van der Waals surface area (Å²) >= 11 is 0. The Balaban J connectivity index is 2.19. The molecule has 0 fully saturated rings. The minimum atomic E-state index is -3.78. The maximum Gasteiger partial charge on any atom is 0.242 e. The molecule has 2 rings (SSSR count). The zero-order chi connectivity index (χ0) is 24.6. The van der Waals surface area contributed by atoms with E-state index in [1.54, 1.807) is 6.92 Å². The van der Waals surface area contributed by atoms with Gasteiger partial charge in [-0.25, -0.2) is 17.2 Å². The number of carbonyl (C=O) groups excluding carboxylic acids is 2. The van der Waals surface area contributed by atoms with Gasteiger partial charge >= 0.3 is 0 Å². The normalized spacial score (nSPS) is 12.2. The van der Waals surface area contributed by atoms with Crippen molar-refractivity contribution in [3.63, 3.8) is 0 Å². The Morgan fingerprint density at radius 2 is 1.70 bits per heavy atom. The smallest absolute Gasteiger partial charge is 0.242 e. The maximum absolute atomic E-state index is 14.2. The van der Waals surface area contributed by atoms with E-state index >= 15 is 0 Å². The van der Waals surface area contributed by atoms with Crippen LogP contribution in [0.1, 0.15) is 31.7 Å². The summed E-state index contributed by atoms with van der Waals surface area (Å²) in [6.45, 7) is 1.76. The Bertz CT molecular complexity index is 1060. The van der Waals surface area contributed by atoms with Crippen molar-refractivity contribution >= 4 is 27.5 Å². The van der Waals surface area contributed by atoms with Gasteiger partial charge in [0.15, 0.2) is 0 Å². The fourth-order valence-corrected chi connectivity index (χ4v) is 4.48. The van der Waals surface area contributed by atoms with Crippen molar-refractivity contribution in [3.05, 3.63) is 65.7 Å². The number of sulfonamides is 1. The SMILES string of the molecule is CCC(C(=O)NC)N(Cc1ccc(F)cc1)C(=O)CCCN(c1ccccc1F)S(C)(=O)=O. The lowest BCUT2D eigenvalue weighted by Gasteiger charge is -2.30. The summed E-state index contributed by atoms with van der Waals surface area (Å²) in [5.41, 5.74) is 0.559. The molecule has 1 N–H and O–H groups in total. The van der Waals surface area contributed by atoms with Crippen LogP contribution in [-0.2, 0) is 26.2 Å². The van der Waals surface area contributed by atoms with Gasteiger partial charge in [-0.3, -0.25) is 13.9 Å². The summed E-state index contributed by atoms with van der Waals surface area (Å²) in [6.07, 6.45) is 1.39. The van der Waals surface area contributed by atoms with E-state index in [0.717, 1.165) is 16.6 Å². The summed E-state index contributed by atoms with van der Waals surface area (Å²) < 4.78 is 52.8. The second-order valence-electron chi connectivity index (χ2n) is 7.58. The molecule has 0 heterocycles. The highest BCUT2D eigenvalue weighted by molar-refractivity contribution is 7.92. The van der Waals surface area contributed by atoms with Gasteiger partial charge in [0, 0.05) is 26.6 Å². The fourth-order valence-electron chi connectivity index (χ4n) is 3.51. The van der Waals surface area contributed by atoms with E-state index in [1.165, 1.54) is 54.4 Å². The molecule has 33 heavy (non-hydrogen) atoms. The molecule has 0 aliphatic rings. The predicted octanol–water partition coefficient (Wildman–Crippen LogP) is 3.06. The maximum atomic E-state index is 14.2. The topological polar surface area (TPSA) is 86.8 Å². The standard InChI is InChI=1S/C23H29F2N3O4S/c1-4-20(23(30)26-2)27(16-17-11-13-18(24)14-12-17)22(29)10-7-15-28(33(3,31)32)21-9-6-5-8-19(21)25/h5-6,8-9,11-14,20H,4,7,10,15-16H2,1-3H3,(H,26,30). The molecule has 0 saturated carbocycles. The van der Waals surface area contributed by atoms with Crippen LogP contribution in [0.2, 0.25) is 0 Å². The van der Waals surface area contributed by atoms with E-state index in [9.17, 15) is 26.8 Å². The van der Waals surface area contributed by atoms with Crippen LogP contribution in [0.4, 0.5) is 14.5 Å². The summed E-state index contributed by atoms with van der Waals surface area (Å²) in [5, 5.41) is 2.55. The second-order valence-corrected chi connectivity index (χ2v) is 9.48. The van der Waals surface area contributed by atoms with E-state index in [2.05, 4.69) is 5.32 Å². The van der Waals surface area contributed by atoms with Crippen LogP contribution in [0.5, 0.6) is 0 Å². The Morgan fingerprint density at radius 1 is 1.06 bits per heavy atom. The molecule has 1 atom stereocenters. The monoisotopic (exact) mass is 481 g/mol. The number of carbonyl (C=O) groups is 2. The van der Waals surface area contributed by atoms with Gasteiger partial charge in [-0.15, -0.1) is 0 Å². The molecule has 10 heteroatoms. The highest BCUT2D eigenvalue weighted by Gasteiger charge is 2.28. The number of para-hydroxylation sites is 1. The Morgan fingerprint density at radius 3 is 2.24 bits per heavy atom. The summed E-state index contributed by atoms with van der Waals surface area (Å²) in [5.74, 6) is -1.80. The molecule has 0 bridgehead atoms.